The molecule has 0 aromatic rings. The molecule has 0 spiro atoms. The van der Waals surface area contributed by atoms with Crippen LogP contribution in [-0.2, 0) is 9.22 Å². The number of carbonyl (C=O) groups excluding carboxylic acids is 1. The maximum absolute atomic E-state index is 10.6. The van der Waals surface area contributed by atoms with Gasteiger partial charge in [-0.25, -0.2) is 0 Å². The molecular weight excluding hydrogens is 206 g/mol. The standard InChI is InChI=1S/C11H23NO2Si/c1-11(2,3)15(4,5)14-10-6-9(8-13)12-7-10/h8-10,12H,6-7H2,1-5H3/t9?,10-/m1/s1. The minimum atomic E-state index is -1.67. The molecule has 4 heteroatoms. The van der Waals surface area contributed by atoms with Gasteiger partial charge in [-0.1, -0.05) is 20.8 Å². The second-order valence-corrected chi connectivity index (χ2v) is 10.6. The van der Waals surface area contributed by atoms with Crippen molar-refractivity contribution in [3.63, 3.8) is 0 Å². The number of carbonyl (C=O) groups is 1. The Kier molecular flexibility index (Phi) is 3.74. The highest BCUT2D eigenvalue weighted by Gasteiger charge is 2.40. The first kappa shape index (κ1) is 12.9. The van der Waals surface area contributed by atoms with Crippen LogP contribution in [0, 0.1) is 0 Å². The smallest absolute Gasteiger partial charge is 0.192 e. The van der Waals surface area contributed by atoms with Crippen LogP contribution in [0.5, 0.6) is 0 Å². The van der Waals surface area contributed by atoms with Gasteiger partial charge in [0.15, 0.2) is 8.32 Å². The largest absolute Gasteiger partial charge is 0.413 e. The van der Waals surface area contributed by atoms with Gasteiger partial charge in [-0.15, -0.1) is 0 Å². The Morgan fingerprint density at radius 1 is 1.40 bits per heavy atom. The van der Waals surface area contributed by atoms with Gasteiger partial charge >= 0.3 is 0 Å². The quantitative estimate of drug-likeness (QED) is 0.594. The van der Waals surface area contributed by atoms with Crippen molar-refractivity contribution in [2.45, 2.75) is 57.5 Å². The van der Waals surface area contributed by atoms with Gasteiger partial charge in [-0.3, -0.25) is 0 Å². The van der Waals surface area contributed by atoms with Crippen molar-refractivity contribution in [2.24, 2.45) is 0 Å². The molecule has 88 valence electrons. The highest BCUT2D eigenvalue weighted by molar-refractivity contribution is 6.74. The lowest BCUT2D eigenvalue weighted by atomic mass is 10.2. The molecule has 3 nitrogen and oxygen atoms in total. The van der Waals surface area contributed by atoms with E-state index < -0.39 is 8.32 Å². The van der Waals surface area contributed by atoms with Crippen LogP contribution in [0.1, 0.15) is 27.2 Å². The number of hydrogen-bond acceptors (Lipinski definition) is 3. The zero-order valence-electron chi connectivity index (χ0n) is 10.5. The average molecular weight is 229 g/mol. The second-order valence-electron chi connectivity index (χ2n) is 5.89. The van der Waals surface area contributed by atoms with Crippen LogP contribution in [0.15, 0.2) is 0 Å². The van der Waals surface area contributed by atoms with Crippen molar-refractivity contribution in [3.8, 4) is 0 Å². The van der Waals surface area contributed by atoms with E-state index in [1.807, 2.05) is 0 Å². The lowest BCUT2D eigenvalue weighted by molar-refractivity contribution is -0.109. The number of rotatable bonds is 3. The molecule has 1 aliphatic rings. The van der Waals surface area contributed by atoms with Gasteiger partial charge in [0.25, 0.3) is 0 Å². The van der Waals surface area contributed by atoms with Gasteiger partial charge in [-0.05, 0) is 24.6 Å². The first-order valence-electron chi connectivity index (χ1n) is 5.63. The molecule has 0 radical (unpaired) electrons. The Morgan fingerprint density at radius 3 is 2.40 bits per heavy atom. The van der Waals surface area contributed by atoms with Gasteiger partial charge in [0, 0.05) is 6.54 Å². The van der Waals surface area contributed by atoms with Crippen molar-refractivity contribution in [1.29, 1.82) is 0 Å². The number of aldehydes is 1. The first-order chi connectivity index (χ1) is 6.76. The summed E-state index contributed by atoms with van der Waals surface area (Å²) in [4.78, 5) is 10.6. The third kappa shape index (κ3) is 3.13. The lowest BCUT2D eigenvalue weighted by Crippen LogP contribution is -2.44. The summed E-state index contributed by atoms with van der Waals surface area (Å²) in [5.74, 6) is 0. The summed E-state index contributed by atoms with van der Waals surface area (Å²) >= 11 is 0. The highest BCUT2D eigenvalue weighted by atomic mass is 28.4. The normalized spacial score (nSPS) is 28.1. The van der Waals surface area contributed by atoms with Gasteiger partial charge in [0.05, 0.1) is 12.1 Å². The molecule has 0 aliphatic carbocycles. The van der Waals surface area contributed by atoms with E-state index in [4.69, 9.17) is 4.43 Å². The van der Waals surface area contributed by atoms with Gasteiger partial charge < -0.3 is 14.5 Å². The molecule has 0 aromatic heterocycles. The molecule has 2 atom stereocenters. The van der Waals surface area contributed by atoms with Crippen LogP contribution < -0.4 is 5.32 Å². The summed E-state index contributed by atoms with van der Waals surface area (Å²) in [5, 5.41) is 3.40. The molecule has 15 heavy (non-hydrogen) atoms. The van der Waals surface area contributed by atoms with Crippen LogP contribution in [0.4, 0.5) is 0 Å². The monoisotopic (exact) mass is 229 g/mol. The van der Waals surface area contributed by atoms with Gasteiger partial charge in [0.1, 0.15) is 6.29 Å². The van der Waals surface area contributed by atoms with Crippen LogP contribution in [0.3, 0.4) is 0 Å². The molecule has 0 saturated carbocycles. The molecule has 1 fully saturated rings. The summed E-state index contributed by atoms with van der Waals surface area (Å²) < 4.78 is 6.21. The van der Waals surface area contributed by atoms with E-state index in [0.29, 0.717) is 0 Å². The Balaban J connectivity index is 2.52. The fourth-order valence-corrected chi connectivity index (χ4v) is 2.89. The molecule has 1 unspecified atom stereocenters. The predicted molar refractivity (Wildman–Crippen MR) is 64.5 cm³/mol. The van der Waals surface area contributed by atoms with Gasteiger partial charge in [-0.2, -0.15) is 0 Å². The van der Waals surface area contributed by atoms with Crippen molar-refractivity contribution in [1.82, 2.24) is 5.32 Å². The van der Waals surface area contributed by atoms with Crippen LogP contribution in [0.2, 0.25) is 18.1 Å². The molecule has 1 aliphatic heterocycles. The molecule has 1 saturated heterocycles. The third-order valence-corrected chi connectivity index (χ3v) is 8.09. The third-order valence-electron chi connectivity index (χ3n) is 3.56. The topological polar surface area (TPSA) is 38.3 Å². The molecule has 0 bridgehead atoms. The minimum absolute atomic E-state index is 0.000214. The van der Waals surface area contributed by atoms with Crippen LogP contribution in [0.25, 0.3) is 0 Å². The minimum Gasteiger partial charge on any atom is -0.413 e. The Hall–Kier alpha value is -0.193. The Morgan fingerprint density at radius 2 is 2.00 bits per heavy atom. The van der Waals surface area contributed by atoms with E-state index in [9.17, 15) is 4.79 Å². The van der Waals surface area contributed by atoms with E-state index in [0.717, 1.165) is 19.3 Å². The summed E-state index contributed by atoms with van der Waals surface area (Å²) in [6, 6.07) is -0.000214. The summed E-state index contributed by atoms with van der Waals surface area (Å²) in [5.41, 5.74) is 0. The van der Waals surface area contributed by atoms with Crippen molar-refractivity contribution < 1.29 is 9.22 Å². The fraction of sp³-hybridized carbons (Fsp3) is 0.909. The van der Waals surface area contributed by atoms with Crippen molar-refractivity contribution >= 4 is 14.6 Å². The van der Waals surface area contributed by atoms with Crippen LogP contribution >= 0.6 is 0 Å². The summed E-state index contributed by atoms with van der Waals surface area (Å²) in [6.45, 7) is 12.0. The maximum atomic E-state index is 10.6. The Labute approximate surface area is 93.7 Å². The Bertz CT molecular complexity index is 235. The molecule has 1 N–H and O–H groups in total. The molecular formula is C11H23NO2Si. The number of hydrogen-bond donors (Lipinski definition) is 1. The predicted octanol–water partition coefficient (Wildman–Crippen LogP) is 1.94. The van der Waals surface area contributed by atoms with Crippen LogP contribution in [-0.4, -0.2) is 33.3 Å². The molecule has 1 rings (SSSR count). The van der Waals surface area contributed by atoms with E-state index in [2.05, 4.69) is 39.2 Å². The van der Waals surface area contributed by atoms with E-state index in [1.165, 1.54) is 0 Å². The molecule has 0 amide bonds. The average Bonchev–Trinajstić information content (AvgIpc) is 2.49. The summed E-state index contributed by atoms with van der Waals surface area (Å²) in [7, 11) is -1.67. The number of nitrogens with one attached hydrogen (secondary N) is 1. The first-order valence-corrected chi connectivity index (χ1v) is 8.53. The van der Waals surface area contributed by atoms with E-state index >= 15 is 0 Å². The fourth-order valence-electron chi connectivity index (χ4n) is 1.52. The SMILES string of the molecule is CC(C)(C)[Si](C)(C)O[C@H]1CNC(C=O)C1. The molecule has 1 heterocycles. The lowest BCUT2D eigenvalue weighted by Gasteiger charge is -2.38. The highest BCUT2D eigenvalue weighted by Crippen LogP contribution is 2.37. The maximum Gasteiger partial charge on any atom is 0.192 e. The molecule has 0 aromatic carbocycles. The summed E-state index contributed by atoms with van der Waals surface area (Å²) in [6.07, 6.45) is 2.03. The zero-order valence-corrected chi connectivity index (χ0v) is 11.5. The second kappa shape index (κ2) is 4.35. The van der Waals surface area contributed by atoms with E-state index in [1.54, 1.807) is 0 Å². The van der Waals surface area contributed by atoms with Gasteiger partial charge in [0.2, 0.25) is 0 Å². The zero-order chi connectivity index (χ0) is 11.7. The van der Waals surface area contributed by atoms with E-state index in [-0.39, 0.29) is 17.2 Å². The van der Waals surface area contributed by atoms with Crippen molar-refractivity contribution in [3.05, 3.63) is 0 Å². The van der Waals surface area contributed by atoms with Crippen molar-refractivity contribution in [2.75, 3.05) is 6.54 Å².